The summed E-state index contributed by atoms with van der Waals surface area (Å²) >= 11 is 1.90. The van der Waals surface area contributed by atoms with Gasteiger partial charge in [0, 0.05) is 35.8 Å². The first kappa shape index (κ1) is 16.8. The normalized spacial score (nSPS) is 20.7. The zero-order valence-corrected chi connectivity index (χ0v) is 14.5. The average molecular weight is 308 g/mol. The molecule has 1 saturated heterocycles. The van der Waals surface area contributed by atoms with Gasteiger partial charge in [-0.3, -0.25) is 0 Å². The Morgan fingerprint density at radius 1 is 1.38 bits per heavy atom. The second kappa shape index (κ2) is 7.63. The summed E-state index contributed by atoms with van der Waals surface area (Å²) in [5, 5.41) is 3.54. The molecule has 0 radical (unpaired) electrons. The molecule has 1 atom stereocenters. The first-order valence-electron chi connectivity index (χ1n) is 7.69. The molecule has 4 heteroatoms. The standard InChI is InChI=1S/C17H28N2OS/c1-17(2,3)18-11-14-6-5-7-16(10-14)21-13-15-12-19(4)8-9-20-15/h5-7,10,15,18H,8-9,11-13H2,1-4H3. The maximum absolute atomic E-state index is 5.82. The van der Waals surface area contributed by atoms with E-state index in [1.165, 1.54) is 10.5 Å². The minimum absolute atomic E-state index is 0.156. The number of benzene rings is 1. The van der Waals surface area contributed by atoms with Gasteiger partial charge in [-0.05, 0) is 45.5 Å². The fraction of sp³-hybridized carbons (Fsp3) is 0.647. The van der Waals surface area contributed by atoms with E-state index >= 15 is 0 Å². The van der Waals surface area contributed by atoms with Crippen molar-refractivity contribution in [2.45, 2.75) is 43.9 Å². The lowest BCUT2D eigenvalue weighted by molar-refractivity contribution is -0.00598. The Morgan fingerprint density at radius 2 is 2.19 bits per heavy atom. The molecule has 1 unspecified atom stereocenters. The maximum atomic E-state index is 5.82. The second-order valence-electron chi connectivity index (χ2n) is 6.82. The van der Waals surface area contributed by atoms with Crippen LogP contribution in [0.5, 0.6) is 0 Å². The molecule has 118 valence electrons. The van der Waals surface area contributed by atoms with Gasteiger partial charge in [0.05, 0.1) is 12.7 Å². The summed E-state index contributed by atoms with van der Waals surface area (Å²) in [6.45, 7) is 10.5. The van der Waals surface area contributed by atoms with Crippen LogP contribution >= 0.6 is 11.8 Å². The molecule has 1 aromatic carbocycles. The zero-order chi connectivity index (χ0) is 15.3. The smallest absolute Gasteiger partial charge is 0.0796 e. The highest BCUT2D eigenvalue weighted by Gasteiger charge is 2.17. The van der Waals surface area contributed by atoms with Crippen LogP contribution in [0.1, 0.15) is 26.3 Å². The summed E-state index contributed by atoms with van der Waals surface area (Å²) in [6.07, 6.45) is 0.352. The van der Waals surface area contributed by atoms with E-state index in [0.29, 0.717) is 6.10 Å². The molecule has 1 aliphatic rings. The van der Waals surface area contributed by atoms with Crippen LogP contribution in [-0.2, 0) is 11.3 Å². The van der Waals surface area contributed by atoms with Gasteiger partial charge in [-0.15, -0.1) is 11.8 Å². The minimum atomic E-state index is 0.156. The molecule has 0 amide bonds. The number of nitrogens with one attached hydrogen (secondary N) is 1. The highest BCUT2D eigenvalue weighted by Crippen LogP contribution is 2.22. The Labute approximate surface area is 133 Å². The summed E-state index contributed by atoms with van der Waals surface area (Å²) in [7, 11) is 2.17. The largest absolute Gasteiger partial charge is 0.375 e. The van der Waals surface area contributed by atoms with Gasteiger partial charge < -0.3 is 15.0 Å². The van der Waals surface area contributed by atoms with Gasteiger partial charge in [-0.2, -0.15) is 0 Å². The zero-order valence-electron chi connectivity index (χ0n) is 13.7. The SMILES string of the molecule is CN1CCOC(CSc2cccc(CNC(C)(C)C)c2)C1. The molecule has 1 N–H and O–H groups in total. The van der Waals surface area contributed by atoms with Crippen molar-refractivity contribution < 1.29 is 4.74 Å². The monoisotopic (exact) mass is 308 g/mol. The number of morpholine rings is 1. The third kappa shape index (κ3) is 6.39. The molecule has 1 fully saturated rings. The predicted molar refractivity (Wildman–Crippen MR) is 91.0 cm³/mol. The lowest BCUT2D eigenvalue weighted by atomic mass is 10.1. The molecular weight excluding hydrogens is 280 g/mol. The lowest BCUT2D eigenvalue weighted by Gasteiger charge is -2.29. The van der Waals surface area contributed by atoms with E-state index in [-0.39, 0.29) is 5.54 Å². The summed E-state index contributed by atoms with van der Waals surface area (Å²) in [5.41, 5.74) is 1.50. The van der Waals surface area contributed by atoms with E-state index in [2.05, 4.69) is 62.3 Å². The summed E-state index contributed by atoms with van der Waals surface area (Å²) in [4.78, 5) is 3.68. The van der Waals surface area contributed by atoms with Crippen LogP contribution in [0.3, 0.4) is 0 Å². The molecule has 1 aliphatic heterocycles. The Hall–Kier alpha value is -0.550. The number of nitrogens with zero attached hydrogens (tertiary/aromatic N) is 1. The van der Waals surface area contributed by atoms with E-state index in [9.17, 15) is 0 Å². The van der Waals surface area contributed by atoms with Gasteiger partial charge in [0.25, 0.3) is 0 Å². The third-order valence-electron chi connectivity index (χ3n) is 3.50. The van der Waals surface area contributed by atoms with Gasteiger partial charge in [-0.1, -0.05) is 12.1 Å². The van der Waals surface area contributed by atoms with Crippen LogP contribution in [0.2, 0.25) is 0 Å². The highest BCUT2D eigenvalue weighted by atomic mass is 32.2. The van der Waals surface area contributed by atoms with E-state index in [1.807, 2.05) is 11.8 Å². The van der Waals surface area contributed by atoms with E-state index < -0.39 is 0 Å². The maximum Gasteiger partial charge on any atom is 0.0796 e. The summed E-state index contributed by atoms with van der Waals surface area (Å²) in [6, 6.07) is 8.82. The van der Waals surface area contributed by atoms with E-state index in [0.717, 1.165) is 32.0 Å². The van der Waals surface area contributed by atoms with Crippen LogP contribution in [0.4, 0.5) is 0 Å². The van der Waals surface area contributed by atoms with Crippen LogP contribution in [0, 0.1) is 0 Å². The molecule has 0 spiro atoms. The van der Waals surface area contributed by atoms with Crippen molar-refractivity contribution >= 4 is 11.8 Å². The highest BCUT2D eigenvalue weighted by molar-refractivity contribution is 7.99. The van der Waals surface area contributed by atoms with Crippen LogP contribution in [-0.4, -0.2) is 49.0 Å². The Kier molecular flexibility index (Phi) is 6.11. The number of likely N-dealkylation sites (N-methyl/N-ethyl adjacent to an activating group) is 1. The molecule has 1 aromatic rings. The molecule has 3 nitrogen and oxygen atoms in total. The van der Waals surface area contributed by atoms with E-state index in [4.69, 9.17) is 4.74 Å². The fourth-order valence-corrected chi connectivity index (χ4v) is 3.26. The summed E-state index contributed by atoms with van der Waals surface area (Å²) in [5.74, 6) is 1.03. The molecule has 1 heterocycles. The molecule has 0 saturated carbocycles. The number of rotatable bonds is 5. The minimum Gasteiger partial charge on any atom is -0.375 e. The summed E-state index contributed by atoms with van der Waals surface area (Å²) < 4.78 is 5.82. The van der Waals surface area contributed by atoms with E-state index in [1.54, 1.807) is 0 Å². The molecule has 2 rings (SSSR count). The second-order valence-corrected chi connectivity index (χ2v) is 7.91. The first-order valence-corrected chi connectivity index (χ1v) is 8.68. The molecule has 0 bridgehead atoms. The molecule has 0 aromatic heterocycles. The first-order chi connectivity index (χ1) is 9.92. The molecular formula is C17H28N2OS. The average Bonchev–Trinajstić information content (AvgIpc) is 2.43. The predicted octanol–water partition coefficient (Wildman–Crippen LogP) is 3.00. The Balaban J connectivity index is 1.83. The third-order valence-corrected chi connectivity index (χ3v) is 4.62. The van der Waals surface area contributed by atoms with Crippen molar-refractivity contribution in [2.75, 3.05) is 32.5 Å². The van der Waals surface area contributed by atoms with Crippen molar-refractivity contribution in [1.29, 1.82) is 0 Å². The number of thioether (sulfide) groups is 1. The van der Waals surface area contributed by atoms with Crippen molar-refractivity contribution in [3.05, 3.63) is 29.8 Å². The van der Waals surface area contributed by atoms with Gasteiger partial charge in [-0.25, -0.2) is 0 Å². The number of hydrogen-bond acceptors (Lipinski definition) is 4. The molecule has 21 heavy (non-hydrogen) atoms. The Bertz CT molecular complexity index is 445. The topological polar surface area (TPSA) is 24.5 Å². The number of hydrogen-bond donors (Lipinski definition) is 1. The quantitative estimate of drug-likeness (QED) is 0.845. The Morgan fingerprint density at radius 3 is 2.90 bits per heavy atom. The van der Waals surface area contributed by atoms with Crippen molar-refractivity contribution in [1.82, 2.24) is 10.2 Å². The van der Waals surface area contributed by atoms with Crippen LogP contribution in [0.25, 0.3) is 0 Å². The fourth-order valence-electron chi connectivity index (χ4n) is 2.27. The van der Waals surface area contributed by atoms with Crippen molar-refractivity contribution in [2.24, 2.45) is 0 Å². The van der Waals surface area contributed by atoms with Crippen molar-refractivity contribution in [3.8, 4) is 0 Å². The van der Waals surface area contributed by atoms with Gasteiger partial charge in [0.1, 0.15) is 0 Å². The van der Waals surface area contributed by atoms with Crippen molar-refractivity contribution in [3.63, 3.8) is 0 Å². The molecule has 0 aliphatic carbocycles. The number of ether oxygens (including phenoxy) is 1. The van der Waals surface area contributed by atoms with Crippen LogP contribution in [0.15, 0.2) is 29.2 Å². The van der Waals surface area contributed by atoms with Gasteiger partial charge in [0.2, 0.25) is 0 Å². The van der Waals surface area contributed by atoms with Gasteiger partial charge >= 0.3 is 0 Å². The van der Waals surface area contributed by atoms with Crippen LogP contribution < -0.4 is 5.32 Å². The van der Waals surface area contributed by atoms with Gasteiger partial charge in [0.15, 0.2) is 0 Å². The lowest BCUT2D eigenvalue weighted by Crippen LogP contribution is -2.41.